The Labute approximate surface area is 147 Å². The molecule has 1 amide bonds. The average Bonchev–Trinajstić information content (AvgIpc) is 2.53. The van der Waals surface area contributed by atoms with Crippen LogP contribution in [0.2, 0.25) is 0 Å². The van der Waals surface area contributed by atoms with Crippen molar-refractivity contribution in [3.05, 3.63) is 48.2 Å². The van der Waals surface area contributed by atoms with Gasteiger partial charge in [-0.05, 0) is 36.4 Å². The van der Waals surface area contributed by atoms with Crippen LogP contribution in [0.3, 0.4) is 0 Å². The lowest BCUT2D eigenvalue weighted by molar-refractivity contribution is -0.274. The fraction of sp³-hybridized carbons (Fsp3) is 0.200. The van der Waals surface area contributed by atoms with Crippen molar-refractivity contribution in [2.75, 3.05) is 11.1 Å². The number of hydrogen-bond acceptors (Lipinski definition) is 4. The van der Waals surface area contributed by atoms with Gasteiger partial charge in [-0.1, -0.05) is 11.8 Å². The molecule has 11 heteroatoms. The van der Waals surface area contributed by atoms with Gasteiger partial charge in [-0.3, -0.25) is 4.79 Å². The monoisotopic (exact) mass is 396 g/mol. The molecule has 0 saturated heterocycles. The van der Waals surface area contributed by atoms with Crippen LogP contribution in [0.15, 0.2) is 47.6 Å². The van der Waals surface area contributed by atoms with E-state index in [1.807, 2.05) is 0 Å². The van der Waals surface area contributed by atoms with Gasteiger partial charge in [0.1, 0.15) is 10.8 Å². The van der Waals surface area contributed by atoms with Gasteiger partial charge in [0.15, 0.2) is 0 Å². The Kier molecular flexibility index (Phi) is 6.01. The van der Waals surface area contributed by atoms with Crippen molar-refractivity contribution in [3.8, 4) is 5.75 Å². The van der Waals surface area contributed by atoms with Crippen molar-refractivity contribution in [2.45, 2.75) is 17.6 Å². The second-order valence-electron chi connectivity index (χ2n) is 4.79. The minimum Gasteiger partial charge on any atom is -0.406 e. The SMILES string of the molecule is O=C(Nc1ccc(OC(F)(F)F)cc1)c1cccnc1SCC(F)(F)F. The van der Waals surface area contributed by atoms with Gasteiger partial charge < -0.3 is 10.1 Å². The molecule has 2 aromatic rings. The molecule has 140 valence electrons. The van der Waals surface area contributed by atoms with Crippen LogP contribution in [-0.4, -0.2) is 29.2 Å². The highest BCUT2D eigenvalue weighted by Gasteiger charge is 2.31. The first kappa shape index (κ1) is 19.9. The van der Waals surface area contributed by atoms with E-state index in [4.69, 9.17) is 0 Å². The highest BCUT2D eigenvalue weighted by Crippen LogP contribution is 2.29. The lowest BCUT2D eigenvalue weighted by Gasteiger charge is -2.11. The van der Waals surface area contributed by atoms with E-state index in [2.05, 4.69) is 15.0 Å². The van der Waals surface area contributed by atoms with Crippen molar-refractivity contribution >= 4 is 23.4 Å². The number of thioether (sulfide) groups is 1. The third-order valence-electron chi connectivity index (χ3n) is 2.73. The zero-order valence-corrected chi connectivity index (χ0v) is 13.5. The summed E-state index contributed by atoms with van der Waals surface area (Å²) in [6.07, 6.45) is -8.02. The van der Waals surface area contributed by atoms with Crippen molar-refractivity contribution in [3.63, 3.8) is 0 Å². The van der Waals surface area contributed by atoms with E-state index in [0.717, 1.165) is 24.3 Å². The van der Waals surface area contributed by atoms with Gasteiger partial charge in [0.25, 0.3) is 5.91 Å². The molecular weight excluding hydrogens is 386 g/mol. The number of amides is 1. The lowest BCUT2D eigenvalue weighted by Crippen LogP contribution is -2.17. The fourth-order valence-electron chi connectivity index (χ4n) is 1.77. The van der Waals surface area contributed by atoms with E-state index < -0.39 is 29.9 Å². The summed E-state index contributed by atoms with van der Waals surface area (Å²) in [4.78, 5) is 16.0. The lowest BCUT2D eigenvalue weighted by atomic mass is 10.2. The number of pyridine rings is 1. The number of hydrogen-bond donors (Lipinski definition) is 1. The topological polar surface area (TPSA) is 51.2 Å². The highest BCUT2D eigenvalue weighted by atomic mass is 32.2. The van der Waals surface area contributed by atoms with Crippen molar-refractivity contribution in [2.24, 2.45) is 0 Å². The standard InChI is InChI=1S/C15H10F6N2O2S/c16-14(17,18)8-26-13-11(2-1-7-22-13)12(24)23-9-3-5-10(6-4-9)25-15(19,20)21/h1-7H,8H2,(H,23,24). The number of halogens is 6. The maximum absolute atomic E-state index is 12.3. The summed E-state index contributed by atoms with van der Waals surface area (Å²) in [6.45, 7) is 0. The second kappa shape index (κ2) is 7.85. The predicted molar refractivity (Wildman–Crippen MR) is 82.1 cm³/mol. The molecule has 0 aliphatic rings. The Hall–Kier alpha value is -2.43. The molecule has 1 N–H and O–H groups in total. The first-order valence-corrected chi connectivity index (χ1v) is 7.84. The highest BCUT2D eigenvalue weighted by molar-refractivity contribution is 7.99. The van der Waals surface area contributed by atoms with Crippen molar-refractivity contribution in [1.29, 1.82) is 0 Å². The maximum atomic E-state index is 12.3. The Bertz CT molecular complexity index is 762. The van der Waals surface area contributed by atoms with E-state index in [9.17, 15) is 31.1 Å². The first-order chi connectivity index (χ1) is 12.0. The number of carbonyl (C=O) groups excluding carboxylic acids is 1. The summed E-state index contributed by atoms with van der Waals surface area (Å²) in [7, 11) is 0. The summed E-state index contributed by atoms with van der Waals surface area (Å²) in [5.74, 6) is -2.43. The number of nitrogens with zero attached hydrogens (tertiary/aromatic N) is 1. The van der Waals surface area contributed by atoms with Crippen LogP contribution in [0.25, 0.3) is 0 Å². The third-order valence-corrected chi connectivity index (χ3v) is 3.80. The largest absolute Gasteiger partial charge is 0.573 e. The Morgan fingerprint density at radius 3 is 2.31 bits per heavy atom. The quantitative estimate of drug-likeness (QED) is 0.578. The summed E-state index contributed by atoms with van der Waals surface area (Å²) in [6, 6.07) is 6.99. The number of anilines is 1. The molecule has 0 atom stereocenters. The summed E-state index contributed by atoms with van der Waals surface area (Å²) in [5.41, 5.74) is 0.0533. The summed E-state index contributed by atoms with van der Waals surface area (Å²) in [5, 5.41) is 2.26. The van der Waals surface area contributed by atoms with E-state index in [1.165, 1.54) is 18.3 Å². The van der Waals surface area contributed by atoms with Crippen LogP contribution in [-0.2, 0) is 0 Å². The van der Waals surface area contributed by atoms with Gasteiger partial charge in [-0.2, -0.15) is 13.2 Å². The maximum Gasteiger partial charge on any atom is 0.573 e. The molecule has 0 radical (unpaired) electrons. The van der Waals surface area contributed by atoms with Crippen LogP contribution >= 0.6 is 11.8 Å². The van der Waals surface area contributed by atoms with Gasteiger partial charge in [-0.15, -0.1) is 13.2 Å². The van der Waals surface area contributed by atoms with Crippen molar-refractivity contribution in [1.82, 2.24) is 4.98 Å². The number of nitrogens with one attached hydrogen (secondary N) is 1. The number of benzene rings is 1. The van der Waals surface area contributed by atoms with Gasteiger partial charge in [0.05, 0.1) is 11.3 Å². The van der Waals surface area contributed by atoms with Gasteiger partial charge in [0.2, 0.25) is 0 Å². The molecular formula is C15H10F6N2O2S. The Morgan fingerprint density at radius 1 is 1.08 bits per heavy atom. The first-order valence-electron chi connectivity index (χ1n) is 6.85. The van der Waals surface area contributed by atoms with Crippen LogP contribution in [0.4, 0.5) is 32.0 Å². The molecule has 1 aromatic heterocycles. The normalized spacial score (nSPS) is 11.9. The smallest absolute Gasteiger partial charge is 0.406 e. The zero-order valence-electron chi connectivity index (χ0n) is 12.7. The summed E-state index contributed by atoms with van der Waals surface area (Å²) >= 11 is 0.360. The molecule has 4 nitrogen and oxygen atoms in total. The van der Waals surface area contributed by atoms with E-state index in [0.29, 0.717) is 11.8 Å². The Balaban J connectivity index is 2.08. The van der Waals surface area contributed by atoms with Gasteiger partial charge in [-0.25, -0.2) is 4.98 Å². The van der Waals surface area contributed by atoms with Gasteiger partial charge >= 0.3 is 12.5 Å². The Morgan fingerprint density at radius 2 is 1.73 bits per heavy atom. The minimum atomic E-state index is -4.84. The molecule has 0 fully saturated rings. The fourth-order valence-corrected chi connectivity index (χ4v) is 2.52. The van der Waals surface area contributed by atoms with E-state index in [1.54, 1.807) is 0 Å². The molecule has 1 heterocycles. The molecule has 0 unspecified atom stereocenters. The minimum absolute atomic E-state index is 0.0858. The molecule has 1 aromatic carbocycles. The molecule has 26 heavy (non-hydrogen) atoms. The molecule has 0 saturated carbocycles. The van der Waals surface area contributed by atoms with E-state index >= 15 is 0 Å². The zero-order chi connectivity index (χ0) is 19.4. The number of alkyl halides is 6. The second-order valence-corrected chi connectivity index (χ2v) is 5.75. The predicted octanol–water partition coefficient (Wildman–Crippen LogP) is 4.89. The third kappa shape index (κ3) is 6.47. The molecule has 0 aliphatic carbocycles. The van der Waals surface area contributed by atoms with Crippen molar-refractivity contribution < 1.29 is 35.9 Å². The summed E-state index contributed by atoms with van der Waals surface area (Å²) < 4.78 is 77.0. The van der Waals surface area contributed by atoms with Gasteiger partial charge in [0, 0.05) is 11.9 Å². The van der Waals surface area contributed by atoms with Crippen LogP contribution in [0.1, 0.15) is 10.4 Å². The van der Waals surface area contributed by atoms with Crippen LogP contribution in [0, 0.1) is 0 Å². The van der Waals surface area contributed by atoms with E-state index in [-0.39, 0.29) is 16.3 Å². The number of rotatable bonds is 5. The molecule has 0 aliphatic heterocycles. The number of ether oxygens (including phenoxy) is 1. The average molecular weight is 396 g/mol. The van der Waals surface area contributed by atoms with Crippen LogP contribution in [0.5, 0.6) is 5.75 Å². The number of carbonyl (C=O) groups is 1. The molecule has 0 bridgehead atoms. The molecule has 0 spiro atoms. The number of aromatic nitrogens is 1. The van der Waals surface area contributed by atoms with Crippen LogP contribution < -0.4 is 10.1 Å². The molecule has 2 rings (SSSR count).